The van der Waals surface area contributed by atoms with Gasteiger partial charge in [0.05, 0.1) is 20.6 Å². The zero-order chi connectivity index (χ0) is 14.9. The van der Waals surface area contributed by atoms with E-state index in [1.807, 2.05) is 0 Å². The third kappa shape index (κ3) is 3.36. The SMILES string of the molecule is Cc1nc(C(=O)Nc2cc(S(C)(=O)=O)ccc2Cl)cs1. The van der Waals surface area contributed by atoms with Gasteiger partial charge in [-0.15, -0.1) is 11.3 Å². The Kier molecular flexibility index (Phi) is 4.12. The Morgan fingerprint density at radius 2 is 2.10 bits per heavy atom. The highest BCUT2D eigenvalue weighted by Crippen LogP contribution is 2.26. The lowest BCUT2D eigenvalue weighted by molar-refractivity contribution is 0.102. The number of aryl methyl sites for hydroxylation is 1. The second-order valence-corrected chi connectivity index (χ2v) is 7.60. The van der Waals surface area contributed by atoms with Crippen LogP contribution in [0.4, 0.5) is 5.69 Å². The van der Waals surface area contributed by atoms with Crippen molar-refractivity contribution < 1.29 is 13.2 Å². The van der Waals surface area contributed by atoms with Gasteiger partial charge in [0.2, 0.25) is 0 Å². The number of amides is 1. The summed E-state index contributed by atoms with van der Waals surface area (Å²) < 4.78 is 23.0. The van der Waals surface area contributed by atoms with Gasteiger partial charge in [0.1, 0.15) is 5.69 Å². The van der Waals surface area contributed by atoms with Crippen molar-refractivity contribution in [3.63, 3.8) is 0 Å². The smallest absolute Gasteiger partial charge is 0.275 e. The van der Waals surface area contributed by atoms with Gasteiger partial charge in [0.15, 0.2) is 9.84 Å². The topological polar surface area (TPSA) is 76.1 Å². The van der Waals surface area contributed by atoms with Gasteiger partial charge in [-0.05, 0) is 25.1 Å². The zero-order valence-electron chi connectivity index (χ0n) is 10.7. The first-order chi connectivity index (χ1) is 9.27. The molecular formula is C12H11ClN2O3S2. The number of carbonyl (C=O) groups is 1. The van der Waals surface area contributed by atoms with Crippen molar-refractivity contribution in [3.05, 3.63) is 39.3 Å². The Balaban J connectivity index is 2.31. The number of benzene rings is 1. The van der Waals surface area contributed by atoms with Gasteiger partial charge < -0.3 is 5.32 Å². The molecule has 0 bridgehead atoms. The van der Waals surface area contributed by atoms with E-state index in [1.54, 1.807) is 12.3 Å². The quantitative estimate of drug-likeness (QED) is 0.938. The standard InChI is InChI=1S/C12H11ClN2O3S2/c1-7-14-11(6-19-7)12(16)15-10-5-8(20(2,17)18)3-4-9(10)13/h3-6H,1-2H3,(H,15,16). The van der Waals surface area contributed by atoms with Gasteiger partial charge >= 0.3 is 0 Å². The molecule has 0 aliphatic carbocycles. The summed E-state index contributed by atoms with van der Waals surface area (Å²) in [6, 6.07) is 4.15. The summed E-state index contributed by atoms with van der Waals surface area (Å²) in [5.41, 5.74) is 0.513. The van der Waals surface area contributed by atoms with Crippen LogP contribution in [-0.4, -0.2) is 25.6 Å². The van der Waals surface area contributed by atoms with E-state index in [0.717, 1.165) is 11.3 Å². The summed E-state index contributed by atoms with van der Waals surface area (Å²) in [5, 5.41) is 5.22. The molecule has 2 rings (SSSR count). The number of hydrogen-bond donors (Lipinski definition) is 1. The molecule has 1 N–H and O–H groups in total. The van der Waals surface area contributed by atoms with Gasteiger partial charge in [0.25, 0.3) is 5.91 Å². The molecule has 0 fully saturated rings. The molecule has 0 radical (unpaired) electrons. The second-order valence-electron chi connectivity index (χ2n) is 4.12. The molecule has 106 valence electrons. The highest BCUT2D eigenvalue weighted by Gasteiger charge is 2.14. The average Bonchev–Trinajstić information content (AvgIpc) is 2.77. The van der Waals surface area contributed by atoms with Crippen LogP contribution in [0.15, 0.2) is 28.5 Å². The van der Waals surface area contributed by atoms with Crippen LogP contribution in [0.1, 0.15) is 15.5 Å². The molecular weight excluding hydrogens is 320 g/mol. The summed E-state index contributed by atoms with van der Waals surface area (Å²) in [4.78, 5) is 16.1. The number of aromatic nitrogens is 1. The Morgan fingerprint density at radius 3 is 2.65 bits per heavy atom. The predicted octanol–water partition coefficient (Wildman–Crippen LogP) is 2.76. The summed E-state index contributed by atoms with van der Waals surface area (Å²) >= 11 is 7.31. The summed E-state index contributed by atoms with van der Waals surface area (Å²) in [6.07, 6.45) is 1.09. The van der Waals surface area contributed by atoms with E-state index < -0.39 is 15.7 Å². The number of halogens is 1. The first-order valence-electron chi connectivity index (χ1n) is 5.50. The van der Waals surface area contributed by atoms with Gasteiger partial charge in [0, 0.05) is 11.6 Å². The Morgan fingerprint density at radius 1 is 1.40 bits per heavy atom. The number of nitrogens with one attached hydrogen (secondary N) is 1. The molecule has 1 amide bonds. The lowest BCUT2D eigenvalue weighted by Gasteiger charge is -2.07. The van der Waals surface area contributed by atoms with Crippen molar-refractivity contribution >= 4 is 44.4 Å². The minimum absolute atomic E-state index is 0.0895. The number of thiazole rings is 1. The fraction of sp³-hybridized carbons (Fsp3) is 0.167. The van der Waals surface area contributed by atoms with Gasteiger partial charge in [-0.3, -0.25) is 4.79 Å². The van der Waals surface area contributed by atoms with Crippen molar-refractivity contribution in [1.29, 1.82) is 0 Å². The highest BCUT2D eigenvalue weighted by atomic mass is 35.5. The number of rotatable bonds is 3. The molecule has 5 nitrogen and oxygen atoms in total. The predicted molar refractivity (Wildman–Crippen MR) is 79.4 cm³/mol. The monoisotopic (exact) mass is 330 g/mol. The number of nitrogens with zero attached hydrogens (tertiary/aromatic N) is 1. The molecule has 0 unspecified atom stereocenters. The molecule has 0 saturated carbocycles. The Labute approximate surface area is 125 Å². The largest absolute Gasteiger partial charge is 0.319 e. The number of sulfone groups is 1. The normalized spacial score (nSPS) is 11.3. The summed E-state index contributed by atoms with van der Waals surface area (Å²) in [6.45, 7) is 1.79. The lowest BCUT2D eigenvalue weighted by atomic mass is 10.3. The summed E-state index contributed by atoms with van der Waals surface area (Å²) in [5.74, 6) is -0.429. The molecule has 2 aromatic rings. The maximum Gasteiger partial charge on any atom is 0.275 e. The number of carbonyl (C=O) groups excluding carboxylic acids is 1. The highest BCUT2D eigenvalue weighted by molar-refractivity contribution is 7.90. The van der Waals surface area contributed by atoms with Crippen LogP contribution in [0, 0.1) is 6.92 Å². The van der Waals surface area contributed by atoms with Gasteiger partial charge in [-0.25, -0.2) is 13.4 Å². The van der Waals surface area contributed by atoms with Crippen molar-refractivity contribution in [1.82, 2.24) is 4.98 Å². The van der Waals surface area contributed by atoms with Crippen molar-refractivity contribution in [2.24, 2.45) is 0 Å². The molecule has 20 heavy (non-hydrogen) atoms. The maximum atomic E-state index is 12.0. The van der Waals surface area contributed by atoms with Crippen LogP contribution in [0.5, 0.6) is 0 Å². The van der Waals surface area contributed by atoms with Gasteiger partial charge in [-0.2, -0.15) is 0 Å². The minimum atomic E-state index is -3.36. The zero-order valence-corrected chi connectivity index (χ0v) is 13.1. The minimum Gasteiger partial charge on any atom is -0.319 e. The third-order valence-electron chi connectivity index (χ3n) is 2.47. The first kappa shape index (κ1) is 15.0. The van der Waals surface area contributed by atoms with Gasteiger partial charge in [-0.1, -0.05) is 11.6 Å². The average molecular weight is 331 g/mol. The van der Waals surface area contributed by atoms with E-state index in [0.29, 0.717) is 0 Å². The van der Waals surface area contributed by atoms with E-state index in [4.69, 9.17) is 11.6 Å². The van der Waals surface area contributed by atoms with Crippen LogP contribution < -0.4 is 5.32 Å². The maximum absolute atomic E-state index is 12.0. The molecule has 0 aliphatic rings. The van der Waals surface area contributed by atoms with Crippen molar-refractivity contribution in [2.75, 3.05) is 11.6 Å². The molecule has 0 saturated heterocycles. The molecule has 0 atom stereocenters. The fourth-order valence-electron chi connectivity index (χ4n) is 1.48. The van der Waals surface area contributed by atoms with Crippen LogP contribution in [0.25, 0.3) is 0 Å². The molecule has 1 aromatic heterocycles. The van der Waals surface area contributed by atoms with Crippen molar-refractivity contribution in [3.8, 4) is 0 Å². The molecule has 8 heteroatoms. The second kappa shape index (κ2) is 5.51. The Bertz CT molecular complexity index is 769. The summed E-state index contributed by atoms with van der Waals surface area (Å²) in [7, 11) is -3.36. The van der Waals surface area contributed by atoms with Crippen LogP contribution in [0.3, 0.4) is 0 Å². The Hall–Kier alpha value is -1.44. The van der Waals surface area contributed by atoms with E-state index >= 15 is 0 Å². The molecule has 1 heterocycles. The molecule has 1 aromatic carbocycles. The third-order valence-corrected chi connectivity index (χ3v) is 4.68. The lowest BCUT2D eigenvalue weighted by Crippen LogP contribution is -2.13. The first-order valence-corrected chi connectivity index (χ1v) is 8.65. The number of anilines is 1. The van der Waals surface area contributed by atoms with Crippen LogP contribution in [0.2, 0.25) is 5.02 Å². The van der Waals surface area contributed by atoms with Crippen LogP contribution >= 0.6 is 22.9 Å². The van der Waals surface area contributed by atoms with E-state index in [2.05, 4.69) is 10.3 Å². The van der Waals surface area contributed by atoms with Crippen molar-refractivity contribution in [2.45, 2.75) is 11.8 Å². The molecule has 0 spiro atoms. The van der Waals surface area contributed by atoms with E-state index in [-0.39, 0.29) is 21.3 Å². The fourth-order valence-corrected chi connectivity index (χ4v) is 2.89. The number of hydrogen-bond acceptors (Lipinski definition) is 5. The van der Waals surface area contributed by atoms with E-state index in [1.165, 1.54) is 29.5 Å². The van der Waals surface area contributed by atoms with E-state index in [9.17, 15) is 13.2 Å². The van der Waals surface area contributed by atoms with Crippen LogP contribution in [-0.2, 0) is 9.84 Å². The molecule has 0 aliphatic heterocycles.